The molecule has 0 atom stereocenters. The zero-order valence-corrected chi connectivity index (χ0v) is 12.5. The molecule has 21 heavy (non-hydrogen) atoms. The Balaban J connectivity index is 1.70. The van der Waals surface area contributed by atoms with E-state index in [0.29, 0.717) is 0 Å². The van der Waals surface area contributed by atoms with Gasteiger partial charge in [0.25, 0.3) is 0 Å². The van der Waals surface area contributed by atoms with Crippen molar-refractivity contribution in [2.45, 2.75) is 6.92 Å². The minimum atomic E-state index is -0.205. The van der Waals surface area contributed by atoms with Gasteiger partial charge in [-0.05, 0) is 42.8 Å². The number of aryl methyl sites for hydroxylation is 1. The smallest absolute Gasteiger partial charge is 0.224 e. The number of halogens is 2. The molecule has 1 fully saturated rings. The van der Waals surface area contributed by atoms with Crippen molar-refractivity contribution >= 4 is 23.1 Å². The van der Waals surface area contributed by atoms with E-state index in [4.69, 9.17) is 11.6 Å². The highest BCUT2D eigenvalue weighted by atomic mass is 35.5. The third kappa shape index (κ3) is 3.08. The van der Waals surface area contributed by atoms with Gasteiger partial charge < -0.3 is 9.80 Å². The van der Waals surface area contributed by atoms with Gasteiger partial charge in [0.2, 0.25) is 5.28 Å². The molecule has 2 aromatic rings. The van der Waals surface area contributed by atoms with E-state index in [1.165, 1.54) is 12.1 Å². The molecule has 0 radical (unpaired) electrons. The predicted octanol–water partition coefficient (Wildman–Crippen LogP) is 2.90. The van der Waals surface area contributed by atoms with Crippen LogP contribution in [0, 0.1) is 12.7 Å². The Labute approximate surface area is 128 Å². The van der Waals surface area contributed by atoms with Crippen LogP contribution in [0.5, 0.6) is 0 Å². The predicted molar refractivity (Wildman–Crippen MR) is 82.6 cm³/mol. The Kier molecular flexibility index (Phi) is 3.92. The average Bonchev–Trinajstić information content (AvgIpc) is 2.51. The minimum Gasteiger partial charge on any atom is -0.368 e. The highest BCUT2D eigenvalue weighted by Crippen LogP contribution is 2.22. The second kappa shape index (κ2) is 5.85. The molecule has 0 aliphatic carbocycles. The Morgan fingerprint density at radius 3 is 2.33 bits per heavy atom. The lowest BCUT2D eigenvalue weighted by Crippen LogP contribution is -2.47. The van der Waals surface area contributed by atoms with E-state index >= 15 is 0 Å². The zero-order chi connectivity index (χ0) is 14.8. The van der Waals surface area contributed by atoms with E-state index in [0.717, 1.165) is 43.2 Å². The summed E-state index contributed by atoms with van der Waals surface area (Å²) in [6, 6.07) is 6.63. The summed E-state index contributed by atoms with van der Waals surface area (Å²) >= 11 is 5.88. The van der Waals surface area contributed by atoms with Crippen LogP contribution in [0.2, 0.25) is 5.28 Å². The summed E-state index contributed by atoms with van der Waals surface area (Å²) in [5.74, 6) is 0.692. The SMILES string of the molecule is Cc1cnc(Cl)nc1N1CCN(c2ccc(F)cc2)CC1. The Hall–Kier alpha value is -1.88. The highest BCUT2D eigenvalue weighted by Gasteiger charge is 2.20. The molecular formula is C15H16ClFN4. The Bertz CT molecular complexity index is 624. The number of piperazine rings is 1. The second-order valence-electron chi connectivity index (χ2n) is 5.10. The lowest BCUT2D eigenvalue weighted by atomic mass is 10.2. The van der Waals surface area contributed by atoms with Crippen LogP contribution in [0.4, 0.5) is 15.9 Å². The van der Waals surface area contributed by atoms with Gasteiger partial charge in [0.1, 0.15) is 11.6 Å². The maximum absolute atomic E-state index is 13.0. The summed E-state index contributed by atoms with van der Waals surface area (Å²) in [6.07, 6.45) is 1.75. The first kappa shape index (κ1) is 14.1. The van der Waals surface area contributed by atoms with E-state index in [9.17, 15) is 4.39 Å². The number of anilines is 2. The van der Waals surface area contributed by atoms with Crippen LogP contribution >= 0.6 is 11.6 Å². The fraction of sp³-hybridized carbons (Fsp3) is 0.333. The maximum Gasteiger partial charge on any atom is 0.224 e. The topological polar surface area (TPSA) is 32.3 Å². The summed E-state index contributed by atoms with van der Waals surface area (Å²) in [5.41, 5.74) is 2.07. The van der Waals surface area contributed by atoms with Gasteiger partial charge in [0, 0.05) is 43.6 Å². The van der Waals surface area contributed by atoms with Crippen LogP contribution in [0.3, 0.4) is 0 Å². The molecule has 1 saturated heterocycles. The van der Waals surface area contributed by atoms with Crippen LogP contribution in [0.15, 0.2) is 30.5 Å². The summed E-state index contributed by atoms with van der Waals surface area (Å²) in [4.78, 5) is 12.8. The van der Waals surface area contributed by atoms with Gasteiger partial charge >= 0.3 is 0 Å². The molecule has 1 aromatic heterocycles. The van der Waals surface area contributed by atoms with Crippen molar-refractivity contribution in [1.29, 1.82) is 0 Å². The molecule has 4 nitrogen and oxygen atoms in total. The first-order valence-corrected chi connectivity index (χ1v) is 7.26. The summed E-state index contributed by atoms with van der Waals surface area (Å²) < 4.78 is 13.0. The molecule has 6 heteroatoms. The minimum absolute atomic E-state index is 0.205. The van der Waals surface area contributed by atoms with Crippen LogP contribution < -0.4 is 9.80 Å². The number of hydrogen-bond donors (Lipinski definition) is 0. The third-order valence-corrected chi connectivity index (χ3v) is 3.87. The second-order valence-corrected chi connectivity index (χ2v) is 5.43. The Morgan fingerprint density at radius 1 is 1.05 bits per heavy atom. The standard InChI is InChI=1S/C15H16ClFN4/c1-11-10-18-15(16)19-14(11)21-8-6-20(7-9-21)13-4-2-12(17)3-5-13/h2-5,10H,6-9H2,1H3. The molecule has 1 aromatic carbocycles. The van der Waals surface area contributed by atoms with Gasteiger partial charge in [0.15, 0.2) is 0 Å². The normalized spacial score (nSPS) is 15.4. The number of benzene rings is 1. The Morgan fingerprint density at radius 2 is 1.67 bits per heavy atom. The summed E-state index contributed by atoms with van der Waals surface area (Å²) in [7, 11) is 0. The number of rotatable bonds is 2. The monoisotopic (exact) mass is 306 g/mol. The van der Waals surface area contributed by atoms with E-state index in [-0.39, 0.29) is 11.1 Å². The molecule has 3 rings (SSSR count). The molecule has 0 spiro atoms. The molecule has 0 N–H and O–H groups in total. The van der Waals surface area contributed by atoms with E-state index in [2.05, 4.69) is 19.8 Å². The molecule has 0 bridgehead atoms. The van der Waals surface area contributed by atoms with Gasteiger partial charge in [-0.1, -0.05) is 0 Å². The first-order chi connectivity index (χ1) is 10.1. The largest absolute Gasteiger partial charge is 0.368 e. The quantitative estimate of drug-likeness (QED) is 0.799. The average molecular weight is 307 g/mol. The van der Waals surface area contributed by atoms with Gasteiger partial charge in [-0.3, -0.25) is 0 Å². The number of aromatic nitrogens is 2. The lowest BCUT2D eigenvalue weighted by Gasteiger charge is -2.37. The number of hydrogen-bond acceptors (Lipinski definition) is 4. The van der Waals surface area contributed by atoms with Crippen molar-refractivity contribution in [2.75, 3.05) is 36.0 Å². The van der Waals surface area contributed by atoms with E-state index in [1.54, 1.807) is 6.20 Å². The first-order valence-electron chi connectivity index (χ1n) is 6.88. The lowest BCUT2D eigenvalue weighted by molar-refractivity contribution is 0.624. The molecular weight excluding hydrogens is 291 g/mol. The van der Waals surface area contributed by atoms with Gasteiger partial charge in [-0.15, -0.1) is 0 Å². The summed E-state index contributed by atoms with van der Waals surface area (Å²) in [6.45, 7) is 5.43. The fourth-order valence-corrected chi connectivity index (χ4v) is 2.69. The van der Waals surface area contributed by atoms with Crippen molar-refractivity contribution in [3.63, 3.8) is 0 Å². The van der Waals surface area contributed by atoms with Crippen LogP contribution in [0.25, 0.3) is 0 Å². The van der Waals surface area contributed by atoms with Crippen molar-refractivity contribution in [3.8, 4) is 0 Å². The van der Waals surface area contributed by atoms with Crippen molar-refractivity contribution < 1.29 is 4.39 Å². The van der Waals surface area contributed by atoms with Gasteiger partial charge in [0.05, 0.1) is 0 Å². The molecule has 1 aliphatic heterocycles. The molecule has 2 heterocycles. The van der Waals surface area contributed by atoms with Crippen molar-refractivity contribution in [3.05, 3.63) is 47.1 Å². The maximum atomic E-state index is 13.0. The van der Waals surface area contributed by atoms with Gasteiger partial charge in [-0.2, -0.15) is 0 Å². The van der Waals surface area contributed by atoms with Crippen molar-refractivity contribution in [1.82, 2.24) is 9.97 Å². The zero-order valence-electron chi connectivity index (χ0n) is 11.8. The molecule has 0 unspecified atom stereocenters. The van der Waals surface area contributed by atoms with E-state index < -0.39 is 0 Å². The van der Waals surface area contributed by atoms with Crippen LogP contribution in [-0.4, -0.2) is 36.1 Å². The molecule has 0 saturated carbocycles. The fourth-order valence-electron chi connectivity index (χ4n) is 2.56. The van der Waals surface area contributed by atoms with Gasteiger partial charge in [-0.25, -0.2) is 14.4 Å². The van der Waals surface area contributed by atoms with Crippen LogP contribution in [-0.2, 0) is 0 Å². The van der Waals surface area contributed by atoms with E-state index in [1.807, 2.05) is 19.1 Å². The molecule has 0 amide bonds. The molecule has 1 aliphatic rings. The highest BCUT2D eigenvalue weighted by molar-refractivity contribution is 6.28. The van der Waals surface area contributed by atoms with Crippen molar-refractivity contribution in [2.24, 2.45) is 0 Å². The molecule has 110 valence electrons. The number of nitrogens with zero attached hydrogens (tertiary/aromatic N) is 4. The summed E-state index contributed by atoms with van der Waals surface area (Å²) in [5, 5.41) is 0.275. The third-order valence-electron chi connectivity index (χ3n) is 3.69. The van der Waals surface area contributed by atoms with Crippen LogP contribution in [0.1, 0.15) is 5.56 Å².